The first-order valence-corrected chi connectivity index (χ1v) is 3.92. The largest absolute Gasteiger partial charge is 0.457 e. The van der Waals surface area contributed by atoms with Gasteiger partial charge in [-0.2, -0.15) is 0 Å². The summed E-state index contributed by atoms with van der Waals surface area (Å²) < 4.78 is 5.39. The van der Waals surface area contributed by atoms with Gasteiger partial charge in [-0.15, -0.1) is 11.3 Å². The SMILES string of the molecule is O=C1OCc2cc(Cl)sc21. The highest BCUT2D eigenvalue weighted by Crippen LogP contribution is 2.31. The molecule has 10 heavy (non-hydrogen) atoms. The van der Waals surface area contributed by atoms with Gasteiger partial charge in [0.15, 0.2) is 0 Å². The molecule has 2 heterocycles. The number of rotatable bonds is 0. The Hall–Kier alpha value is -0.540. The molecule has 0 spiro atoms. The second-order valence-electron chi connectivity index (χ2n) is 1.98. The molecule has 0 N–H and O–H groups in total. The zero-order valence-corrected chi connectivity index (χ0v) is 6.46. The highest BCUT2D eigenvalue weighted by Gasteiger charge is 2.23. The molecular formula is C6H3ClO2S. The summed E-state index contributed by atoms with van der Waals surface area (Å²) in [6.45, 7) is 0.386. The maximum Gasteiger partial charge on any atom is 0.349 e. The van der Waals surface area contributed by atoms with E-state index in [0.29, 0.717) is 15.8 Å². The fourth-order valence-corrected chi connectivity index (χ4v) is 2.03. The number of thiophene rings is 1. The van der Waals surface area contributed by atoms with Crippen LogP contribution >= 0.6 is 22.9 Å². The Morgan fingerprint density at radius 3 is 3.20 bits per heavy atom. The lowest BCUT2D eigenvalue weighted by Crippen LogP contribution is -1.89. The zero-order chi connectivity index (χ0) is 7.14. The molecule has 0 aliphatic carbocycles. The standard InChI is InChI=1S/C6H3ClO2S/c7-4-1-3-2-9-6(8)5(3)10-4/h1H,2H2. The monoisotopic (exact) mass is 174 g/mol. The van der Waals surface area contributed by atoms with E-state index in [2.05, 4.69) is 0 Å². The topological polar surface area (TPSA) is 26.3 Å². The summed E-state index contributed by atoms with van der Waals surface area (Å²) in [7, 11) is 0. The highest BCUT2D eigenvalue weighted by molar-refractivity contribution is 7.18. The van der Waals surface area contributed by atoms with E-state index in [1.807, 2.05) is 0 Å². The molecule has 0 unspecified atom stereocenters. The van der Waals surface area contributed by atoms with Crippen molar-refractivity contribution in [1.29, 1.82) is 0 Å². The van der Waals surface area contributed by atoms with E-state index < -0.39 is 0 Å². The van der Waals surface area contributed by atoms with Crippen LogP contribution in [0.4, 0.5) is 0 Å². The number of carbonyl (C=O) groups is 1. The van der Waals surface area contributed by atoms with Crippen molar-refractivity contribution in [2.75, 3.05) is 0 Å². The minimum Gasteiger partial charge on any atom is -0.457 e. The Kier molecular flexibility index (Phi) is 1.22. The van der Waals surface area contributed by atoms with Crippen LogP contribution in [0.15, 0.2) is 6.07 Å². The summed E-state index contributed by atoms with van der Waals surface area (Å²) in [5.74, 6) is -0.244. The van der Waals surface area contributed by atoms with Gasteiger partial charge in [-0.3, -0.25) is 0 Å². The number of fused-ring (bicyclic) bond motifs is 1. The van der Waals surface area contributed by atoms with E-state index in [1.54, 1.807) is 6.07 Å². The van der Waals surface area contributed by atoms with Gasteiger partial charge >= 0.3 is 5.97 Å². The summed E-state index contributed by atoms with van der Waals surface area (Å²) >= 11 is 6.93. The molecular weight excluding hydrogens is 172 g/mol. The summed E-state index contributed by atoms with van der Waals surface area (Å²) in [5, 5.41) is 0. The minimum absolute atomic E-state index is 0.244. The number of esters is 1. The predicted octanol–water partition coefficient (Wildman–Crippen LogP) is 2.07. The third-order valence-corrected chi connectivity index (χ3v) is 2.61. The van der Waals surface area contributed by atoms with Gasteiger partial charge in [0.2, 0.25) is 0 Å². The van der Waals surface area contributed by atoms with Crippen LogP contribution in [0.5, 0.6) is 0 Å². The van der Waals surface area contributed by atoms with Crippen LogP contribution in [0, 0.1) is 0 Å². The number of halogens is 1. The average molecular weight is 175 g/mol. The van der Waals surface area contributed by atoms with E-state index in [9.17, 15) is 4.79 Å². The lowest BCUT2D eigenvalue weighted by molar-refractivity contribution is 0.0538. The molecule has 2 nitrogen and oxygen atoms in total. The second-order valence-corrected chi connectivity index (χ2v) is 3.66. The fourth-order valence-electron chi connectivity index (χ4n) is 0.884. The third-order valence-electron chi connectivity index (χ3n) is 1.32. The lowest BCUT2D eigenvalue weighted by atomic mass is 10.3. The van der Waals surface area contributed by atoms with Gasteiger partial charge in [0.05, 0.1) is 4.34 Å². The average Bonchev–Trinajstić information content (AvgIpc) is 2.35. The molecule has 0 saturated heterocycles. The molecule has 0 fully saturated rings. The molecule has 0 saturated carbocycles. The van der Waals surface area contributed by atoms with E-state index in [-0.39, 0.29) is 5.97 Å². The first-order valence-electron chi connectivity index (χ1n) is 2.73. The number of hydrogen-bond donors (Lipinski definition) is 0. The van der Waals surface area contributed by atoms with Crippen molar-refractivity contribution < 1.29 is 9.53 Å². The number of carbonyl (C=O) groups excluding carboxylic acids is 1. The van der Waals surface area contributed by atoms with Gasteiger partial charge in [0.25, 0.3) is 0 Å². The minimum atomic E-state index is -0.244. The maximum absolute atomic E-state index is 10.8. The highest BCUT2D eigenvalue weighted by atomic mass is 35.5. The summed E-state index contributed by atoms with van der Waals surface area (Å²) in [5.41, 5.74) is 0.917. The molecule has 2 rings (SSSR count). The van der Waals surface area contributed by atoms with Crippen molar-refractivity contribution in [2.24, 2.45) is 0 Å². The Labute approximate surface area is 66.4 Å². The quantitative estimate of drug-likeness (QED) is 0.563. The zero-order valence-electron chi connectivity index (χ0n) is 4.89. The Balaban J connectivity index is 2.59. The number of cyclic esters (lactones) is 1. The molecule has 4 heteroatoms. The molecule has 0 amide bonds. The van der Waals surface area contributed by atoms with Crippen LogP contribution in [0.2, 0.25) is 4.34 Å². The Morgan fingerprint density at radius 2 is 2.50 bits per heavy atom. The van der Waals surface area contributed by atoms with Crippen LogP contribution in [-0.2, 0) is 11.3 Å². The third kappa shape index (κ3) is 0.744. The second kappa shape index (κ2) is 1.97. The van der Waals surface area contributed by atoms with Crippen molar-refractivity contribution in [2.45, 2.75) is 6.61 Å². The van der Waals surface area contributed by atoms with Crippen LogP contribution in [-0.4, -0.2) is 5.97 Å². The Bertz CT molecular complexity index is 292. The van der Waals surface area contributed by atoms with Crippen LogP contribution in [0.25, 0.3) is 0 Å². The van der Waals surface area contributed by atoms with E-state index >= 15 is 0 Å². The normalized spacial score (nSPS) is 15.1. The van der Waals surface area contributed by atoms with Crippen molar-refractivity contribution in [3.63, 3.8) is 0 Å². The van der Waals surface area contributed by atoms with Crippen molar-refractivity contribution in [3.8, 4) is 0 Å². The summed E-state index contributed by atoms with van der Waals surface area (Å²) in [6.07, 6.45) is 0. The van der Waals surface area contributed by atoms with Gasteiger partial charge < -0.3 is 4.74 Å². The van der Waals surface area contributed by atoms with Crippen LogP contribution < -0.4 is 0 Å². The lowest BCUT2D eigenvalue weighted by Gasteiger charge is -1.86. The number of hydrogen-bond acceptors (Lipinski definition) is 3. The smallest absolute Gasteiger partial charge is 0.349 e. The molecule has 52 valence electrons. The van der Waals surface area contributed by atoms with Crippen LogP contribution in [0.3, 0.4) is 0 Å². The fraction of sp³-hybridized carbons (Fsp3) is 0.167. The molecule has 1 aliphatic rings. The molecule has 1 aromatic heterocycles. The maximum atomic E-state index is 10.8. The summed E-state index contributed by atoms with van der Waals surface area (Å²) in [4.78, 5) is 11.5. The first-order chi connectivity index (χ1) is 4.77. The van der Waals surface area contributed by atoms with Gasteiger partial charge in [-0.05, 0) is 6.07 Å². The van der Waals surface area contributed by atoms with Crippen molar-refractivity contribution in [3.05, 3.63) is 20.8 Å². The van der Waals surface area contributed by atoms with Gasteiger partial charge in [0.1, 0.15) is 11.5 Å². The summed E-state index contributed by atoms with van der Waals surface area (Å²) in [6, 6.07) is 1.77. The van der Waals surface area contributed by atoms with E-state index in [1.165, 1.54) is 11.3 Å². The van der Waals surface area contributed by atoms with E-state index in [4.69, 9.17) is 16.3 Å². The molecule has 1 aromatic rings. The van der Waals surface area contributed by atoms with Crippen LogP contribution in [0.1, 0.15) is 15.2 Å². The van der Waals surface area contributed by atoms with Gasteiger partial charge in [-0.1, -0.05) is 11.6 Å². The molecule has 0 atom stereocenters. The molecule has 0 aromatic carbocycles. The van der Waals surface area contributed by atoms with Crippen molar-refractivity contribution in [1.82, 2.24) is 0 Å². The predicted molar refractivity (Wildman–Crippen MR) is 38.4 cm³/mol. The first kappa shape index (κ1) is 6.19. The number of ether oxygens (including phenoxy) is 1. The van der Waals surface area contributed by atoms with Gasteiger partial charge in [0, 0.05) is 5.56 Å². The van der Waals surface area contributed by atoms with E-state index in [0.717, 1.165) is 5.56 Å². The van der Waals surface area contributed by atoms with Gasteiger partial charge in [-0.25, -0.2) is 4.79 Å². The Morgan fingerprint density at radius 1 is 1.70 bits per heavy atom. The molecule has 0 radical (unpaired) electrons. The molecule has 0 bridgehead atoms. The van der Waals surface area contributed by atoms with Crippen molar-refractivity contribution >= 4 is 28.9 Å². The molecule has 1 aliphatic heterocycles.